The topological polar surface area (TPSA) is 57.5 Å². The molecular weight excluding hydrogens is 216 g/mol. The SMILES string of the molecule is CC(C)C(C(=O)O)C(O)CCc1ccccc1. The maximum Gasteiger partial charge on any atom is 0.309 e. The van der Waals surface area contributed by atoms with Crippen LogP contribution in [0.25, 0.3) is 0 Å². The van der Waals surface area contributed by atoms with E-state index in [-0.39, 0.29) is 5.92 Å². The summed E-state index contributed by atoms with van der Waals surface area (Å²) >= 11 is 0. The van der Waals surface area contributed by atoms with E-state index in [9.17, 15) is 9.90 Å². The van der Waals surface area contributed by atoms with Gasteiger partial charge in [-0.05, 0) is 24.3 Å². The molecular formula is C14H20O3. The van der Waals surface area contributed by atoms with Crippen molar-refractivity contribution in [2.24, 2.45) is 11.8 Å². The van der Waals surface area contributed by atoms with E-state index in [1.807, 2.05) is 44.2 Å². The van der Waals surface area contributed by atoms with Crippen LogP contribution < -0.4 is 0 Å². The van der Waals surface area contributed by atoms with Crippen LogP contribution in [0.1, 0.15) is 25.8 Å². The molecule has 2 N–H and O–H groups in total. The second kappa shape index (κ2) is 6.40. The number of carboxylic acids is 1. The average molecular weight is 236 g/mol. The van der Waals surface area contributed by atoms with Gasteiger partial charge >= 0.3 is 5.97 Å². The summed E-state index contributed by atoms with van der Waals surface area (Å²) in [6.45, 7) is 3.65. The molecule has 1 rings (SSSR count). The molecule has 0 fully saturated rings. The Balaban J connectivity index is 2.53. The number of aliphatic hydroxyl groups excluding tert-OH is 1. The predicted octanol–water partition coefficient (Wildman–Crippen LogP) is 2.34. The normalized spacial score (nSPS) is 14.6. The molecule has 0 saturated heterocycles. The van der Waals surface area contributed by atoms with E-state index in [2.05, 4.69) is 0 Å². The molecule has 1 aromatic carbocycles. The highest BCUT2D eigenvalue weighted by molar-refractivity contribution is 5.71. The molecule has 17 heavy (non-hydrogen) atoms. The largest absolute Gasteiger partial charge is 0.481 e. The molecule has 0 aromatic heterocycles. The van der Waals surface area contributed by atoms with Crippen LogP contribution in [0.2, 0.25) is 0 Å². The molecule has 0 spiro atoms. The van der Waals surface area contributed by atoms with Crippen LogP contribution >= 0.6 is 0 Å². The molecule has 0 aliphatic rings. The van der Waals surface area contributed by atoms with Gasteiger partial charge in [0.25, 0.3) is 0 Å². The van der Waals surface area contributed by atoms with E-state index in [4.69, 9.17) is 5.11 Å². The summed E-state index contributed by atoms with van der Waals surface area (Å²) in [7, 11) is 0. The van der Waals surface area contributed by atoms with Crippen molar-refractivity contribution in [3.05, 3.63) is 35.9 Å². The second-order valence-corrected chi connectivity index (χ2v) is 4.70. The Kier molecular flexibility index (Phi) is 5.16. The molecule has 0 bridgehead atoms. The van der Waals surface area contributed by atoms with Crippen LogP contribution in [0.5, 0.6) is 0 Å². The van der Waals surface area contributed by atoms with Crippen LogP contribution in [0, 0.1) is 11.8 Å². The molecule has 1 aromatic rings. The number of hydrogen-bond donors (Lipinski definition) is 2. The fraction of sp³-hybridized carbons (Fsp3) is 0.500. The fourth-order valence-electron chi connectivity index (χ4n) is 2.03. The van der Waals surface area contributed by atoms with Crippen LogP contribution in [-0.2, 0) is 11.2 Å². The summed E-state index contributed by atoms with van der Waals surface area (Å²) in [5, 5.41) is 19.0. The summed E-state index contributed by atoms with van der Waals surface area (Å²) in [4.78, 5) is 11.0. The number of aliphatic hydroxyl groups is 1. The first-order valence-corrected chi connectivity index (χ1v) is 5.97. The van der Waals surface area contributed by atoms with Gasteiger partial charge < -0.3 is 10.2 Å². The first-order chi connectivity index (χ1) is 8.02. The molecule has 3 nitrogen and oxygen atoms in total. The Morgan fingerprint density at radius 3 is 2.29 bits per heavy atom. The lowest BCUT2D eigenvalue weighted by atomic mass is 9.87. The summed E-state index contributed by atoms with van der Waals surface area (Å²) in [5.41, 5.74) is 1.12. The summed E-state index contributed by atoms with van der Waals surface area (Å²) in [6, 6.07) is 9.79. The number of hydrogen-bond acceptors (Lipinski definition) is 2. The first-order valence-electron chi connectivity index (χ1n) is 5.97. The minimum atomic E-state index is -0.916. The first kappa shape index (κ1) is 13.7. The molecule has 3 heteroatoms. The Bertz CT molecular complexity index is 346. The van der Waals surface area contributed by atoms with Gasteiger partial charge in [0.1, 0.15) is 0 Å². The van der Waals surface area contributed by atoms with Gasteiger partial charge in [-0.3, -0.25) is 4.79 Å². The molecule has 0 saturated carbocycles. The maximum absolute atomic E-state index is 11.0. The van der Waals surface area contributed by atoms with Crippen molar-refractivity contribution in [1.82, 2.24) is 0 Å². The van der Waals surface area contributed by atoms with Gasteiger partial charge in [0.15, 0.2) is 0 Å². The molecule has 0 aliphatic carbocycles. The molecule has 0 radical (unpaired) electrons. The summed E-state index contributed by atoms with van der Waals surface area (Å²) < 4.78 is 0. The molecule has 2 atom stereocenters. The predicted molar refractivity (Wildman–Crippen MR) is 66.7 cm³/mol. The lowest BCUT2D eigenvalue weighted by Crippen LogP contribution is -2.32. The summed E-state index contributed by atoms with van der Waals surface area (Å²) in [5.74, 6) is -1.66. The number of carbonyl (C=O) groups is 1. The number of rotatable bonds is 6. The zero-order valence-electron chi connectivity index (χ0n) is 10.3. The standard InChI is InChI=1S/C14H20O3/c1-10(2)13(14(16)17)12(15)9-8-11-6-4-3-5-7-11/h3-7,10,12-13,15H,8-9H2,1-2H3,(H,16,17). The quantitative estimate of drug-likeness (QED) is 0.797. The van der Waals surface area contributed by atoms with Gasteiger partial charge in [0, 0.05) is 0 Å². The van der Waals surface area contributed by atoms with Gasteiger partial charge in [0.05, 0.1) is 12.0 Å². The highest BCUT2D eigenvalue weighted by Gasteiger charge is 2.29. The average Bonchev–Trinajstić information content (AvgIpc) is 2.27. The molecule has 0 amide bonds. The minimum Gasteiger partial charge on any atom is -0.481 e. The number of aliphatic carboxylic acids is 1. The van der Waals surface area contributed by atoms with Crippen LogP contribution in [-0.4, -0.2) is 22.3 Å². The van der Waals surface area contributed by atoms with Crippen LogP contribution in [0.4, 0.5) is 0 Å². The van der Waals surface area contributed by atoms with Crippen molar-refractivity contribution in [3.8, 4) is 0 Å². The molecule has 0 aliphatic heterocycles. The fourth-order valence-corrected chi connectivity index (χ4v) is 2.03. The van der Waals surface area contributed by atoms with Gasteiger partial charge in [-0.2, -0.15) is 0 Å². The Morgan fingerprint density at radius 1 is 1.24 bits per heavy atom. The van der Waals surface area contributed by atoms with E-state index in [1.54, 1.807) is 0 Å². The maximum atomic E-state index is 11.0. The highest BCUT2D eigenvalue weighted by Crippen LogP contribution is 2.19. The van der Waals surface area contributed by atoms with Crippen molar-refractivity contribution in [3.63, 3.8) is 0 Å². The number of benzene rings is 1. The van der Waals surface area contributed by atoms with E-state index >= 15 is 0 Å². The third-order valence-electron chi connectivity index (χ3n) is 2.99. The number of aryl methyl sites for hydroxylation is 1. The smallest absolute Gasteiger partial charge is 0.309 e. The highest BCUT2D eigenvalue weighted by atomic mass is 16.4. The Hall–Kier alpha value is -1.35. The van der Waals surface area contributed by atoms with Gasteiger partial charge in [-0.1, -0.05) is 44.2 Å². The molecule has 0 heterocycles. The van der Waals surface area contributed by atoms with Crippen molar-refractivity contribution in [2.75, 3.05) is 0 Å². The zero-order valence-corrected chi connectivity index (χ0v) is 10.3. The minimum absolute atomic E-state index is 0.0572. The Morgan fingerprint density at radius 2 is 1.82 bits per heavy atom. The Labute approximate surface area is 102 Å². The second-order valence-electron chi connectivity index (χ2n) is 4.70. The van der Waals surface area contributed by atoms with Crippen LogP contribution in [0.3, 0.4) is 0 Å². The van der Waals surface area contributed by atoms with Crippen molar-refractivity contribution in [1.29, 1.82) is 0 Å². The number of carboxylic acid groups (broad SMARTS) is 1. The van der Waals surface area contributed by atoms with E-state index in [1.165, 1.54) is 0 Å². The van der Waals surface area contributed by atoms with Gasteiger partial charge in [-0.25, -0.2) is 0 Å². The van der Waals surface area contributed by atoms with Crippen LogP contribution in [0.15, 0.2) is 30.3 Å². The van der Waals surface area contributed by atoms with Gasteiger partial charge in [-0.15, -0.1) is 0 Å². The molecule has 94 valence electrons. The monoisotopic (exact) mass is 236 g/mol. The van der Waals surface area contributed by atoms with E-state index in [0.29, 0.717) is 12.8 Å². The lowest BCUT2D eigenvalue weighted by molar-refractivity contribution is -0.148. The van der Waals surface area contributed by atoms with Crippen molar-refractivity contribution in [2.45, 2.75) is 32.8 Å². The van der Waals surface area contributed by atoms with Gasteiger partial charge in [0.2, 0.25) is 0 Å². The van der Waals surface area contributed by atoms with E-state index < -0.39 is 18.0 Å². The molecule has 2 unspecified atom stereocenters. The summed E-state index contributed by atoms with van der Waals surface area (Å²) in [6.07, 6.45) is 0.408. The lowest BCUT2D eigenvalue weighted by Gasteiger charge is -2.22. The zero-order chi connectivity index (χ0) is 12.8. The van der Waals surface area contributed by atoms with Crippen molar-refractivity contribution < 1.29 is 15.0 Å². The van der Waals surface area contributed by atoms with E-state index in [0.717, 1.165) is 5.56 Å². The third kappa shape index (κ3) is 4.19. The van der Waals surface area contributed by atoms with Crippen molar-refractivity contribution >= 4 is 5.97 Å². The third-order valence-corrected chi connectivity index (χ3v) is 2.99.